The lowest BCUT2D eigenvalue weighted by atomic mass is 10.1. The van der Waals surface area contributed by atoms with Crippen molar-refractivity contribution in [2.45, 2.75) is 39.7 Å². The first-order valence-electron chi connectivity index (χ1n) is 10.8. The number of hydrogen-bond acceptors (Lipinski definition) is 5. The van der Waals surface area contributed by atoms with Gasteiger partial charge < -0.3 is 14.8 Å². The molecule has 0 aliphatic heterocycles. The highest BCUT2D eigenvalue weighted by Crippen LogP contribution is 2.27. The lowest BCUT2D eigenvalue weighted by Crippen LogP contribution is -2.26. The minimum absolute atomic E-state index is 0.0289. The molecule has 0 saturated carbocycles. The molecule has 0 atom stereocenters. The Labute approximate surface area is 192 Å². The monoisotopic (exact) mass is 445 g/mol. The predicted molar refractivity (Wildman–Crippen MR) is 128 cm³/mol. The third-order valence-corrected chi connectivity index (χ3v) is 4.99. The molecule has 0 saturated heterocycles. The summed E-state index contributed by atoms with van der Waals surface area (Å²) in [6.45, 7) is 7.64. The van der Waals surface area contributed by atoms with Gasteiger partial charge in [-0.2, -0.15) is 0 Å². The summed E-state index contributed by atoms with van der Waals surface area (Å²) in [6.07, 6.45) is 2.04. The number of ether oxygens (including phenoxy) is 2. The van der Waals surface area contributed by atoms with Crippen LogP contribution in [0.3, 0.4) is 0 Å². The van der Waals surface area contributed by atoms with Crippen molar-refractivity contribution in [3.8, 4) is 11.6 Å². The van der Waals surface area contributed by atoms with E-state index in [0.29, 0.717) is 18.2 Å². The maximum atomic E-state index is 12.4. The van der Waals surface area contributed by atoms with Gasteiger partial charge in [-0.25, -0.2) is 9.78 Å². The van der Waals surface area contributed by atoms with Crippen molar-refractivity contribution in [1.82, 2.24) is 14.9 Å². The number of fused-ring (bicyclic) bond motifs is 2. The number of pyridine rings is 1. The highest BCUT2D eigenvalue weighted by molar-refractivity contribution is 5.90. The molecular weight excluding hydrogens is 418 g/mol. The summed E-state index contributed by atoms with van der Waals surface area (Å²) in [6, 6.07) is 17.2. The van der Waals surface area contributed by atoms with Crippen LogP contribution >= 0.6 is 0 Å². The summed E-state index contributed by atoms with van der Waals surface area (Å²) < 4.78 is 12.9. The Morgan fingerprint density at radius 2 is 1.82 bits per heavy atom. The van der Waals surface area contributed by atoms with Gasteiger partial charge in [0, 0.05) is 36.5 Å². The lowest BCUT2D eigenvalue weighted by molar-refractivity contribution is -0.118. The van der Waals surface area contributed by atoms with E-state index in [1.165, 1.54) is 11.5 Å². The molecule has 0 aliphatic carbocycles. The van der Waals surface area contributed by atoms with Crippen molar-refractivity contribution < 1.29 is 19.1 Å². The molecule has 33 heavy (non-hydrogen) atoms. The molecule has 0 fully saturated rings. The third-order valence-electron chi connectivity index (χ3n) is 4.99. The van der Waals surface area contributed by atoms with E-state index in [1.807, 2.05) is 63.2 Å². The van der Waals surface area contributed by atoms with Crippen molar-refractivity contribution in [3.05, 3.63) is 66.4 Å². The van der Waals surface area contributed by atoms with Crippen LogP contribution in [0.15, 0.2) is 60.8 Å². The summed E-state index contributed by atoms with van der Waals surface area (Å²) in [5.74, 6) is 1.08. The molecule has 4 aromatic rings. The van der Waals surface area contributed by atoms with Gasteiger partial charge in [-0.15, -0.1) is 0 Å². The second-order valence-corrected chi connectivity index (χ2v) is 8.90. The van der Waals surface area contributed by atoms with Gasteiger partial charge in [0.15, 0.2) is 0 Å². The van der Waals surface area contributed by atoms with Crippen LogP contribution in [0.5, 0.6) is 11.6 Å². The first-order valence-corrected chi connectivity index (χ1v) is 10.8. The Balaban J connectivity index is 1.49. The van der Waals surface area contributed by atoms with E-state index in [2.05, 4.69) is 16.4 Å². The lowest BCUT2D eigenvalue weighted by Gasteiger charge is -2.19. The van der Waals surface area contributed by atoms with Gasteiger partial charge in [-0.3, -0.25) is 9.36 Å². The maximum Gasteiger partial charge on any atom is 0.418 e. The summed E-state index contributed by atoms with van der Waals surface area (Å²) in [5, 5.41) is 4.68. The molecule has 7 heteroatoms. The number of aromatic nitrogens is 2. The molecule has 1 N–H and O–H groups in total. The molecule has 0 bridgehead atoms. The van der Waals surface area contributed by atoms with Crippen LogP contribution < -0.4 is 10.1 Å². The minimum atomic E-state index is -0.565. The standard InChI is InChI=1S/C26H27N3O4/c1-17(30)27-13-11-18-5-8-22-19(15-18)6-10-24(28-22)32-21-7-9-23-20(16-21)12-14-29(23)25(31)33-26(2,3)4/h5-10,12,14-16H,11,13H2,1-4H3,(H,27,30). The van der Waals surface area contributed by atoms with E-state index >= 15 is 0 Å². The Hall–Kier alpha value is -3.87. The fourth-order valence-corrected chi connectivity index (χ4v) is 3.53. The predicted octanol–water partition coefficient (Wildman–Crippen LogP) is 5.44. The number of nitrogens with zero attached hydrogens (tertiary/aromatic N) is 2. The summed E-state index contributed by atoms with van der Waals surface area (Å²) >= 11 is 0. The number of amides is 1. The number of nitrogens with one attached hydrogen (secondary N) is 1. The van der Waals surface area contributed by atoms with Gasteiger partial charge in [0.05, 0.1) is 11.0 Å². The van der Waals surface area contributed by atoms with Crippen LogP contribution in [-0.4, -0.2) is 33.7 Å². The Kier molecular flexibility index (Phi) is 6.05. The molecule has 0 radical (unpaired) electrons. The molecular formula is C26H27N3O4. The van der Waals surface area contributed by atoms with E-state index in [1.54, 1.807) is 12.3 Å². The Morgan fingerprint density at radius 1 is 1.00 bits per heavy atom. The average Bonchev–Trinajstić information content (AvgIpc) is 3.16. The summed E-state index contributed by atoms with van der Waals surface area (Å²) in [5.41, 5.74) is 2.14. The molecule has 170 valence electrons. The largest absolute Gasteiger partial charge is 0.443 e. The highest BCUT2D eigenvalue weighted by atomic mass is 16.6. The van der Waals surface area contributed by atoms with Gasteiger partial charge in [0.1, 0.15) is 11.4 Å². The second-order valence-electron chi connectivity index (χ2n) is 8.90. The number of carbonyl (C=O) groups excluding carboxylic acids is 2. The van der Waals surface area contributed by atoms with Crippen molar-refractivity contribution in [3.63, 3.8) is 0 Å². The second kappa shape index (κ2) is 8.94. The van der Waals surface area contributed by atoms with E-state index in [9.17, 15) is 9.59 Å². The van der Waals surface area contributed by atoms with E-state index in [0.717, 1.165) is 33.8 Å². The first-order chi connectivity index (χ1) is 15.7. The molecule has 2 aromatic heterocycles. The van der Waals surface area contributed by atoms with E-state index in [4.69, 9.17) is 9.47 Å². The van der Waals surface area contributed by atoms with Crippen LogP contribution in [0.25, 0.3) is 21.8 Å². The number of carbonyl (C=O) groups is 2. The highest BCUT2D eigenvalue weighted by Gasteiger charge is 2.19. The van der Waals surface area contributed by atoms with Gasteiger partial charge in [0.2, 0.25) is 11.8 Å². The molecule has 7 nitrogen and oxygen atoms in total. The van der Waals surface area contributed by atoms with Crippen LogP contribution in [0.2, 0.25) is 0 Å². The molecule has 0 spiro atoms. The van der Waals surface area contributed by atoms with E-state index in [-0.39, 0.29) is 5.91 Å². The average molecular weight is 446 g/mol. The van der Waals surface area contributed by atoms with Crippen LogP contribution in [0.4, 0.5) is 4.79 Å². The van der Waals surface area contributed by atoms with Gasteiger partial charge in [-0.1, -0.05) is 6.07 Å². The van der Waals surface area contributed by atoms with Crippen LogP contribution in [0, 0.1) is 0 Å². The third kappa shape index (κ3) is 5.49. The molecule has 0 aliphatic rings. The zero-order valence-electron chi connectivity index (χ0n) is 19.2. The molecule has 2 heterocycles. The maximum absolute atomic E-state index is 12.4. The topological polar surface area (TPSA) is 82.5 Å². The van der Waals surface area contributed by atoms with Crippen molar-refractivity contribution in [2.24, 2.45) is 0 Å². The van der Waals surface area contributed by atoms with Gasteiger partial charge in [-0.05, 0) is 75.2 Å². The number of benzene rings is 2. The summed E-state index contributed by atoms with van der Waals surface area (Å²) in [4.78, 5) is 28.1. The Morgan fingerprint density at radius 3 is 2.58 bits per heavy atom. The van der Waals surface area contributed by atoms with Gasteiger partial charge >= 0.3 is 6.09 Å². The van der Waals surface area contributed by atoms with E-state index < -0.39 is 11.7 Å². The molecule has 0 unspecified atom stereocenters. The van der Waals surface area contributed by atoms with Crippen LogP contribution in [-0.2, 0) is 16.0 Å². The molecule has 2 aromatic carbocycles. The van der Waals surface area contributed by atoms with Crippen LogP contribution in [0.1, 0.15) is 33.3 Å². The molecule has 1 amide bonds. The summed E-state index contributed by atoms with van der Waals surface area (Å²) in [7, 11) is 0. The zero-order chi connectivity index (χ0) is 23.6. The number of hydrogen-bond donors (Lipinski definition) is 1. The first kappa shape index (κ1) is 22.3. The van der Waals surface area contributed by atoms with Crippen molar-refractivity contribution in [1.29, 1.82) is 0 Å². The molecule has 4 rings (SSSR count). The van der Waals surface area contributed by atoms with Crippen molar-refractivity contribution >= 4 is 33.8 Å². The normalized spacial score (nSPS) is 11.5. The Bertz CT molecular complexity index is 1330. The zero-order valence-corrected chi connectivity index (χ0v) is 19.2. The fourth-order valence-electron chi connectivity index (χ4n) is 3.53. The SMILES string of the molecule is CC(=O)NCCc1ccc2nc(Oc3ccc4c(ccn4C(=O)OC(C)(C)C)c3)ccc2c1. The smallest absolute Gasteiger partial charge is 0.418 e. The van der Waals surface area contributed by atoms with Crippen molar-refractivity contribution in [2.75, 3.05) is 6.54 Å². The fraction of sp³-hybridized carbons (Fsp3) is 0.269. The number of rotatable bonds is 5. The van der Waals surface area contributed by atoms with Gasteiger partial charge in [0.25, 0.3) is 0 Å². The minimum Gasteiger partial charge on any atom is -0.443 e. The quantitative estimate of drug-likeness (QED) is 0.442.